The van der Waals surface area contributed by atoms with Crippen LogP contribution in [0.15, 0.2) is 66.9 Å². The third kappa shape index (κ3) is 3.98. The van der Waals surface area contributed by atoms with Crippen LogP contribution in [-0.2, 0) is 0 Å². The van der Waals surface area contributed by atoms with Gasteiger partial charge in [-0.25, -0.2) is 4.98 Å². The third-order valence-electron chi connectivity index (χ3n) is 4.85. The van der Waals surface area contributed by atoms with E-state index in [0.717, 1.165) is 42.7 Å². The van der Waals surface area contributed by atoms with Crippen molar-refractivity contribution in [3.05, 3.63) is 71.9 Å². The molecule has 6 heteroatoms. The van der Waals surface area contributed by atoms with Crippen LogP contribution in [-0.4, -0.2) is 43.2 Å². The Morgan fingerprint density at radius 2 is 1.63 bits per heavy atom. The van der Waals surface area contributed by atoms with Gasteiger partial charge in [0.05, 0.1) is 0 Å². The van der Waals surface area contributed by atoms with Gasteiger partial charge < -0.3 is 14.7 Å². The number of anilines is 4. The molecule has 3 aromatic rings. The molecule has 1 aliphatic heterocycles. The Morgan fingerprint density at radius 3 is 2.37 bits per heavy atom. The molecule has 1 aliphatic rings. The van der Waals surface area contributed by atoms with Crippen molar-refractivity contribution in [2.45, 2.75) is 0 Å². The number of halogens is 1. The first kappa shape index (κ1) is 17.6. The number of para-hydroxylation sites is 1. The van der Waals surface area contributed by atoms with E-state index in [2.05, 4.69) is 33.0 Å². The van der Waals surface area contributed by atoms with E-state index < -0.39 is 0 Å². The minimum atomic E-state index is 0.705. The lowest BCUT2D eigenvalue weighted by Crippen LogP contribution is -2.46. The zero-order valence-electron chi connectivity index (χ0n) is 15.3. The molecule has 1 fully saturated rings. The van der Waals surface area contributed by atoms with Crippen LogP contribution in [0.5, 0.6) is 0 Å². The highest BCUT2D eigenvalue weighted by Crippen LogP contribution is 2.24. The summed E-state index contributed by atoms with van der Waals surface area (Å²) in [7, 11) is 1.99. The molecule has 2 heterocycles. The highest BCUT2D eigenvalue weighted by atomic mass is 35.5. The standard InChI is InChI=1S/C21H22ClN5/c1-25(18-7-3-2-4-8-18)21-23-11-10-20(24-21)27-14-12-26(13-15-27)19-9-5-6-17(22)16-19/h2-11,16H,12-15H2,1H3. The molecule has 0 unspecified atom stereocenters. The average molecular weight is 380 g/mol. The van der Waals surface area contributed by atoms with Gasteiger partial charge in [0.1, 0.15) is 5.82 Å². The molecule has 138 valence electrons. The Bertz CT molecular complexity index is 894. The zero-order valence-corrected chi connectivity index (χ0v) is 16.0. The minimum absolute atomic E-state index is 0.705. The third-order valence-corrected chi connectivity index (χ3v) is 5.08. The van der Waals surface area contributed by atoms with Crippen molar-refractivity contribution in [3.63, 3.8) is 0 Å². The van der Waals surface area contributed by atoms with Gasteiger partial charge in [0.15, 0.2) is 0 Å². The van der Waals surface area contributed by atoms with Crippen LogP contribution in [0, 0.1) is 0 Å². The van der Waals surface area contributed by atoms with Crippen molar-refractivity contribution in [1.82, 2.24) is 9.97 Å². The summed E-state index contributed by atoms with van der Waals surface area (Å²) in [5.74, 6) is 1.67. The zero-order chi connectivity index (χ0) is 18.6. The SMILES string of the molecule is CN(c1ccccc1)c1nccc(N2CCN(c3cccc(Cl)c3)CC2)n1. The number of hydrogen-bond donors (Lipinski definition) is 0. The van der Waals surface area contributed by atoms with Gasteiger partial charge in [-0.15, -0.1) is 0 Å². The van der Waals surface area contributed by atoms with Crippen molar-refractivity contribution in [1.29, 1.82) is 0 Å². The Kier molecular flexibility index (Phi) is 5.12. The smallest absolute Gasteiger partial charge is 0.231 e. The van der Waals surface area contributed by atoms with Crippen LogP contribution in [0.25, 0.3) is 0 Å². The topological polar surface area (TPSA) is 35.5 Å². The van der Waals surface area contributed by atoms with Gasteiger partial charge in [-0.1, -0.05) is 35.9 Å². The molecule has 0 amide bonds. The molecule has 1 saturated heterocycles. The summed E-state index contributed by atoms with van der Waals surface area (Å²) in [5.41, 5.74) is 2.25. The summed E-state index contributed by atoms with van der Waals surface area (Å²) in [6.45, 7) is 3.71. The second kappa shape index (κ2) is 7.84. The van der Waals surface area contributed by atoms with Crippen LogP contribution in [0.1, 0.15) is 0 Å². The molecule has 27 heavy (non-hydrogen) atoms. The van der Waals surface area contributed by atoms with Crippen LogP contribution in [0.2, 0.25) is 5.02 Å². The van der Waals surface area contributed by atoms with E-state index in [9.17, 15) is 0 Å². The number of nitrogens with zero attached hydrogens (tertiary/aromatic N) is 5. The Morgan fingerprint density at radius 1 is 0.889 bits per heavy atom. The van der Waals surface area contributed by atoms with Crippen LogP contribution < -0.4 is 14.7 Å². The maximum absolute atomic E-state index is 6.13. The maximum Gasteiger partial charge on any atom is 0.231 e. The fourth-order valence-corrected chi connectivity index (χ4v) is 3.50. The highest BCUT2D eigenvalue weighted by molar-refractivity contribution is 6.30. The normalized spacial score (nSPS) is 14.3. The van der Waals surface area contributed by atoms with Gasteiger partial charge in [0.2, 0.25) is 5.95 Å². The Hall–Kier alpha value is -2.79. The predicted octanol–water partition coefficient (Wildman–Crippen LogP) is 4.22. The highest BCUT2D eigenvalue weighted by Gasteiger charge is 2.19. The number of piperazine rings is 1. The van der Waals surface area contributed by atoms with Gasteiger partial charge in [-0.2, -0.15) is 4.98 Å². The lowest BCUT2D eigenvalue weighted by molar-refractivity contribution is 0.647. The summed E-state index contributed by atoms with van der Waals surface area (Å²) in [4.78, 5) is 15.9. The second-order valence-corrected chi connectivity index (χ2v) is 7.00. The molecule has 0 bridgehead atoms. The largest absolute Gasteiger partial charge is 0.368 e. The van der Waals surface area contributed by atoms with E-state index in [-0.39, 0.29) is 0 Å². The molecule has 0 spiro atoms. The van der Waals surface area contributed by atoms with E-state index in [1.54, 1.807) is 0 Å². The van der Waals surface area contributed by atoms with E-state index in [4.69, 9.17) is 16.6 Å². The van der Waals surface area contributed by atoms with Gasteiger partial charge in [-0.3, -0.25) is 0 Å². The first-order chi connectivity index (χ1) is 13.2. The molecular weight excluding hydrogens is 358 g/mol. The summed E-state index contributed by atoms with van der Waals surface area (Å²) >= 11 is 6.13. The Balaban J connectivity index is 1.46. The molecule has 2 aromatic carbocycles. The first-order valence-electron chi connectivity index (χ1n) is 9.08. The van der Waals surface area contributed by atoms with Crippen LogP contribution in [0.3, 0.4) is 0 Å². The summed E-state index contributed by atoms with van der Waals surface area (Å²) < 4.78 is 0. The van der Waals surface area contributed by atoms with Gasteiger partial charge in [0, 0.05) is 55.8 Å². The van der Waals surface area contributed by atoms with Crippen molar-refractivity contribution in [2.75, 3.05) is 47.9 Å². The minimum Gasteiger partial charge on any atom is -0.368 e. The van der Waals surface area contributed by atoms with Crippen LogP contribution in [0.4, 0.5) is 23.1 Å². The number of hydrogen-bond acceptors (Lipinski definition) is 5. The molecule has 5 nitrogen and oxygen atoms in total. The van der Waals surface area contributed by atoms with Gasteiger partial charge in [-0.05, 0) is 36.4 Å². The lowest BCUT2D eigenvalue weighted by Gasteiger charge is -2.37. The molecule has 0 radical (unpaired) electrons. The summed E-state index contributed by atoms with van der Waals surface area (Å²) in [5, 5.41) is 0.777. The maximum atomic E-state index is 6.13. The fraction of sp³-hybridized carbons (Fsp3) is 0.238. The molecule has 4 rings (SSSR count). The van der Waals surface area contributed by atoms with E-state index in [1.165, 1.54) is 5.69 Å². The second-order valence-electron chi connectivity index (χ2n) is 6.56. The lowest BCUT2D eigenvalue weighted by atomic mass is 10.2. The molecule has 0 saturated carbocycles. The van der Waals surface area contributed by atoms with Gasteiger partial charge in [0.25, 0.3) is 0 Å². The van der Waals surface area contributed by atoms with Crippen molar-refractivity contribution < 1.29 is 0 Å². The van der Waals surface area contributed by atoms with Crippen molar-refractivity contribution in [2.24, 2.45) is 0 Å². The molecule has 0 N–H and O–H groups in total. The summed E-state index contributed by atoms with van der Waals surface area (Å²) in [6.07, 6.45) is 1.83. The molecule has 0 atom stereocenters. The first-order valence-corrected chi connectivity index (χ1v) is 9.46. The van der Waals surface area contributed by atoms with E-state index in [1.807, 2.05) is 60.6 Å². The molecule has 0 aliphatic carbocycles. The quantitative estimate of drug-likeness (QED) is 0.678. The fourth-order valence-electron chi connectivity index (χ4n) is 3.31. The molecular formula is C21H22ClN5. The predicted molar refractivity (Wildman–Crippen MR) is 112 cm³/mol. The Labute approximate surface area is 164 Å². The van der Waals surface area contributed by atoms with E-state index in [0.29, 0.717) is 5.95 Å². The number of rotatable bonds is 4. The van der Waals surface area contributed by atoms with Gasteiger partial charge >= 0.3 is 0 Å². The summed E-state index contributed by atoms with van der Waals surface area (Å²) in [6, 6.07) is 20.2. The van der Waals surface area contributed by atoms with Crippen molar-refractivity contribution >= 4 is 34.7 Å². The van der Waals surface area contributed by atoms with E-state index >= 15 is 0 Å². The van der Waals surface area contributed by atoms with Crippen molar-refractivity contribution in [3.8, 4) is 0 Å². The van der Waals surface area contributed by atoms with Crippen LogP contribution >= 0.6 is 11.6 Å². The molecule has 1 aromatic heterocycles. The monoisotopic (exact) mass is 379 g/mol. The number of benzene rings is 2. The number of aromatic nitrogens is 2. The average Bonchev–Trinajstić information content (AvgIpc) is 2.74.